The largest absolute Gasteiger partial charge is 0.487 e. The lowest BCUT2D eigenvalue weighted by Gasteiger charge is -2.08. The summed E-state index contributed by atoms with van der Waals surface area (Å²) in [5.41, 5.74) is 3.79. The van der Waals surface area contributed by atoms with E-state index < -0.39 is 5.82 Å². The normalized spacial score (nSPS) is 12.5. The highest BCUT2D eigenvalue weighted by Gasteiger charge is 2.18. The first-order valence-electron chi connectivity index (χ1n) is 9.91. The SMILES string of the molecule is Cn1nc(OCCOc2ccccc2F)c2ccc(NC3=NCc4cccnc43)cc21. The summed E-state index contributed by atoms with van der Waals surface area (Å²) in [6.45, 7) is 1.09. The van der Waals surface area contributed by atoms with E-state index in [1.807, 2.05) is 37.4 Å². The molecule has 31 heavy (non-hydrogen) atoms. The Kier molecular flexibility index (Phi) is 4.95. The maximum atomic E-state index is 13.6. The average Bonchev–Trinajstić information content (AvgIpc) is 3.33. The van der Waals surface area contributed by atoms with Crippen LogP contribution < -0.4 is 14.8 Å². The Morgan fingerprint density at radius 1 is 1.06 bits per heavy atom. The first kappa shape index (κ1) is 19.0. The van der Waals surface area contributed by atoms with Crippen LogP contribution >= 0.6 is 0 Å². The Labute approximate surface area is 178 Å². The maximum absolute atomic E-state index is 13.6. The van der Waals surface area contributed by atoms with Crippen molar-refractivity contribution in [3.8, 4) is 11.6 Å². The molecular formula is C23H20FN5O2. The molecular weight excluding hydrogens is 397 g/mol. The van der Waals surface area contributed by atoms with Gasteiger partial charge >= 0.3 is 0 Å². The van der Waals surface area contributed by atoms with Gasteiger partial charge in [-0.05, 0) is 36.4 Å². The minimum Gasteiger partial charge on any atom is -0.487 e. The van der Waals surface area contributed by atoms with Gasteiger partial charge in [-0.2, -0.15) is 0 Å². The van der Waals surface area contributed by atoms with Gasteiger partial charge in [0.1, 0.15) is 18.9 Å². The van der Waals surface area contributed by atoms with Crippen LogP contribution in [0.3, 0.4) is 0 Å². The van der Waals surface area contributed by atoms with Crippen LogP contribution in [0.1, 0.15) is 11.3 Å². The van der Waals surface area contributed by atoms with Gasteiger partial charge < -0.3 is 14.8 Å². The molecule has 7 nitrogen and oxygen atoms in total. The molecule has 5 rings (SSSR count). The fourth-order valence-corrected chi connectivity index (χ4v) is 3.51. The minimum absolute atomic E-state index is 0.207. The van der Waals surface area contributed by atoms with Gasteiger partial charge in [0.05, 0.1) is 17.4 Å². The van der Waals surface area contributed by atoms with Gasteiger partial charge in [-0.25, -0.2) is 4.39 Å². The van der Waals surface area contributed by atoms with Gasteiger partial charge in [-0.1, -0.05) is 18.2 Å². The molecule has 1 N–H and O–H groups in total. The molecule has 0 atom stereocenters. The lowest BCUT2D eigenvalue weighted by atomic mass is 10.2. The number of nitrogens with one attached hydrogen (secondary N) is 1. The fraction of sp³-hybridized carbons (Fsp3) is 0.174. The number of para-hydroxylation sites is 1. The molecule has 1 aliphatic rings. The molecule has 3 heterocycles. The number of rotatable bonds is 6. The summed E-state index contributed by atoms with van der Waals surface area (Å²) in [5.74, 6) is 1.08. The molecule has 0 radical (unpaired) electrons. The van der Waals surface area contributed by atoms with Crippen molar-refractivity contribution in [2.45, 2.75) is 6.54 Å². The zero-order chi connectivity index (χ0) is 21.2. The number of pyridine rings is 1. The summed E-state index contributed by atoms with van der Waals surface area (Å²) < 4.78 is 26.6. The van der Waals surface area contributed by atoms with Crippen LogP contribution in [-0.4, -0.2) is 33.8 Å². The van der Waals surface area contributed by atoms with Crippen LogP contribution in [0, 0.1) is 5.82 Å². The Bertz CT molecular complexity index is 1280. The number of hydrogen-bond acceptors (Lipinski definition) is 6. The lowest BCUT2D eigenvalue weighted by Crippen LogP contribution is -2.13. The predicted molar refractivity (Wildman–Crippen MR) is 116 cm³/mol. The summed E-state index contributed by atoms with van der Waals surface area (Å²) in [7, 11) is 1.86. The number of benzene rings is 2. The molecule has 1 aliphatic heterocycles. The van der Waals surface area contributed by atoms with Crippen LogP contribution in [-0.2, 0) is 13.6 Å². The van der Waals surface area contributed by atoms with Gasteiger partial charge in [0.2, 0.25) is 5.88 Å². The third kappa shape index (κ3) is 3.79. The second kappa shape index (κ2) is 8.06. The second-order valence-corrected chi connectivity index (χ2v) is 7.09. The van der Waals surface area contributed by atoms with E-state index in [1.54, 1.807) is 29.1 Å². The van der Waals surface area contributed by atoms with Crippen LogP contribution in [0.5, 0.6) is 11.6 Å². The van der Waals surface area contributed by atoms with Crippen molar-refractivity contribution >= 4 is 22.4 Å². The van der Waals surface area contributed by atoms with Crippen molar-refractivity contribution in [1.29, 1.82) is 0 Å². The highest BCUT2D eigenvalue weighted by molar-refractivity contribution is 6.09. The zero-order valence-corrected chi connectivity index (χ0v) is 16.9. The van der Waals surface area contributed by atoms with Gasteiger partial charge in [0, 0.05) is 24.5 Å². The molecule has 0 aliphatic carbocycles. The van der Waals surface area contributed by atoms with E-state index >= 15 is 0 Å². The average molecular weight is 417 g/mol. The summed E-state index contributed by atoms with van der Waals surface area (Å²) in [6, 6.07) is 16.1. The van der Waals surface area contributed by atoms with Gasteiger partial charge in [0.15, 0.2) is 17.4 Å². The number of aliphatic imine (C=N–C) groups is 1. The quantitative estimate of drug-likeness (QED) is 0.481. The minimum atomic E-state index is -0.393. The van der Waals surface area contributed by atoms with E-state index in [0.717, 1.165) is 33.7 Å². The number of hydrogen-bond donors (Lipinski definition) is 1. The standard InChI is InChI=1S/C23H20FN5O2/c1-29-19-13-16(27-22-21-15(14-26-22)5-4-10-25-21)8-9-17(19)23(28-29)31-12-11-30-20-7-3-2-6-18(20)24/h2-10,13H,11-12,14H2,1H3,(H,26,27). The number of aromatic nitrogens is 3. The van der Waals surface area contributed by atoms with E-state index in [1.165, 1.54) is 6.07 Å². The molecule has 8 heteroatoms. The molecule has 2 aromatic heterocycles. The van der Waals surface area contributed by atoms with Crippen molar-refractivity contribution < 1.29 is 13.9 Å². The molecule has 0 amide bonds. The van der Waals surface area contributed by atoms with Gasteiger partial charge in [-0.3, -0.25) is 14.7 Å². The van der Waals surface area contributed by atoms with Crippen LogP contribution in [0.2, 0.25) is 0 Å². The monoisotopic (exact) mass is 417 g/mol. The summed E-state index contributed by atoms with van der Waals surface area (Å²) >= 11 is 0. The number of fused-ring (bicyclic) bond motifs is 2. The number of halogens is 1. The van der Waals surface area contributed by atoms with Crippen molar-refractivity contribution in [1.82, 2.24) is 14.8 Å². The Morgan fingerprint density at radius 2 is 1.94 bits per heavy atom. The fourth-order valence-electron chi connectivity index (χ4n) is 3.51. The third-order valence-corrected chi connectivity index (χ3v) is 5.02. The zero-order valence-electron chi connectivity index (χ0n) is 16.9. The van der Waals surface area contributed by atoms with Crippen molar-refractivity contribution in [3.05, 3.63) is 77.9 Å². The third-order valence-electron chi connectivity index (χ3n) is 5.02. The van der Waals surface area contributed by atoms with E-state index in [9.17, 15) is 4.39 Å². The Morgan fingerprint density at radius 3 is 2.84 bits per heavy atom. The predicted octanol–water partition coefficient (Wildman–Crippen LogP) is 3.94. The highest BCUT2D eigenvalue weighted by atomic mass is 19.1. The summed E-state index contributed by atoms with van der Waals surface area (Å²) in [4.78, 5) is 8.97. The summed E-state index contributed by atoms with van der Waals surface area (Å²) in [5, 5.41) is 8.69. The lowest BCUT2D eigenvalue weighted by molar-refractivity contribution is 0.207. The molecule has 4 aromatic rings. The van der Waals surface area contributed by atoms with Crippen molar-refractivity contribution in [2.24, 2.45) is 12.0 Å². The molecule has 0 saturated heterocycles. The van der Waals surface area contributed by atoms with E-state index in [4.69, 9.17) is 9.47 Å². The van der Waals surface area contributed by atoms with E-state index in [2.05, 4.69) is 20.4 Å². The number of aryl methyl sites for hydroxylation is 1. The first-order chi connectivity index (χ1) is 15.2. The van der Waals surface area contributed by atoms with Gasteiger partial charge in [0.25, 0.3) is 0 Å². The molecule has 0 bridgehead atoms. The molecule has 0 fully saturated rings. The van der Waals surface area contributed by atoms with E-state index in [0.29, 0.717) is 12.4 Å². The number of anilines is 1. The van der Waals surface area contributed by atoms with Crippen LogP contribution in [0.25, 0.3) is 10.9 Å². The number of nitrogens with zero attached hydrogens (tertiary/aromatic N) is 4. The number of ether oxygens (including phenoxy) is 2. The van der Waals surface area contributed by atoms with E-state index in [-0.39, 0.29) is 19.0 Å². The summed E-state index contributed by atoms with van der Waals surface area (Å²) in [6.07, 6.45) is 1.77. The Hall–Kier alpha value is -3.94. The van der Waals surface area contributed by atoms with Gasteiger partial charge in [-0.15, -0.1) is 5.10 Å². The molecule has 2 aromatic carbocycles. The molecule has 0 unspecified atom stereocenters. The smallest absolute Gasteiger partial charge is 0.240 e. The second-order valence-electron chi connectivity index (χ2n) is 7.09. The van der Waals surface area contributed by atoms with Crippen LogP contribution in [0.15, 0.2) is 65.8 Å². The topological polar surface area (TPSA) is 73.6 Å². The molecule has 156 valence electrons. The maximum Gasteiger partial charge on any atom is 0.240 e. The molecule has 0 spiro atoms. The van der Waals surface area contributed by atoms with Crippen LogP contribution in [0.4, 0.5) is 10.1 Å². The Balaban J connectivity index is 1.27. The number of amidine groups is 1. The highest BCUT2D eigenvalue weighted by Crippen LogP contribution is 2.28. The van der Waals surface area contributed by atoms with Crippen molar-refractivity contribution in [3.63, 3.8) is 0 Å². The molecule has 0 saturated carbocycles. The first-order valence-corrected chi connectivity index (χ1v) is 9.91. The van der Waals surface area contributed by atoms with Crippen molar-refractivity contribution in [2.75, 3.05) is 18.5 Å².